The van der Waals surface area contributed by atoms with Crippen molar-refractivity contribution in [1.82, 2.24) is 24.9 Å². The predicted molar refractivity (Wildman–Crippen MR) is 95.3 cm³/mol. The summed E-state index contributed by atoms with van der Waals surface area (Å²) in [4.78, 5) is 14.7. The number of carbonyl (C=O) groups excluding carboxylic acids is 1. The number of H-pyrrole nitrogens is 1. The molecule has 3 aromatic rings. The standard InChI is InChI=1S/C19H21N5O/c1-13-11-14(2)24(22-13)17-8-10-23(12-17)19(25)16-5-3-15(4-6-16)18-7-9-20-21-18/h3-7,9,11,17H,8,10,12H2,1-2H3,(H,20,21)/t17-/m0/s1. The fourth-order valence-corrected chi connectivity index (χ4v) is 3.53. The molecule has 128 valence electrons. The van der Waals surface area contributed by atoms with Gasteiger partial charge < -0.3 is 4.90 Å². The van der Waals surface area contributed by atoms with Crippen LogP contribution in [0.4, 0.5) is 0 Å². The van der Waals surface area contributed by atoms with Gasteiger partial charge in [0.1, 0.15) is 0 Å². The van der Waals surface area contributed by atoms with Crippen LogP contribution in [0.3, 0.4) is 0 Å². The van der Waals surface area contributed by atoms with Gasteiger partial charge in [0.25, 0.3) is 5.91 Å². The fraction of sp³-hybridized carbons (Fsp3) is 0.316. The largest absolute Gasteiger partial charge is 0.336 e. The van der Waals surface area contributed by atoms with Gasteiger partial charge in [-0.1, -0.05) is 12.1 Å². The van der Waals surface area contributed by atoms with Crippen LogP contribution in [0.1, 0.15) is 34.2 Å². The number of amides is 1. The summed E-state index contributed by atoms with van der Waals surface area (Å²) in [5.41, 5.74) is 4.87. The first-order valence-corrected chi connectivity index (χ1v) is 8.53. The molecule has 0 spiro atoms. The third kappa shape index (κ3) is 2.95. The number of hydrogen-bond donors (Lipinski definition) is 1. The summed E-state index contributed by atoms with van der Waals surface area (Å²) in [6.07, 6.45) is 2.66. The molecule has 1 aliphatic heterocycles. The molecule has 0 aliphatic carbocycles. The maximum atomic E-state index is 12.8. The summed E-state index contributed by atoms with van der Waals surface area (Å²) in [5.74, 6) is 0.0835. The van der Waals surface area contributed by atoms with Crippen LogP contribution in [-0.4, -0.2) is 43.9 Å². The zero-order valence-electron chi connectivity index (χ0n) is 14.4. The van der Waals surface area contributed by atoms with Crippen molar-refractivity contribution in [3.05, 3.63) is 59.5 Å². The van der Waals surface area contributed by atoms with E-state index in [2.05, 4.69) is 33.0 Å². The van der Waals surface area contributed by atoms with E-state index < -0.39 is 0 Å². The van der Waals surface area contributed by atoms with E-state index in [1.807, 2.05) is 42.2 Å². The number of nitrogens with one attached hydrogen (secondary N) is 1. The zero-order chi connectivity index (χ0) is 17.4. The predicted octanol–water partition coefficient (Wildman–Crippen LogP) is 2.98. The average Bonchev–Trinajstić information content (AvgIpc) is 3.35. The molecular formula is C19H21N5O. The SMILES string of the molecule is Cc1cc(C)n([C@H]2CCN(C(=O)c3ccc(-c4ccn[nH]4)cc3)C2)n1. The Bertz CT molecular complexity index is 879. The van der Waals surface area contributed by atoms with Crippen LogP contribution in [-0.2, 0) is 0 Å². The molecule has 1 atom stereocenters. The molecule has 1 fully saturated rings. The second-order valence-electron chi connectivity index (χ2n) is 6.61. The van der Waals surface area contributed by atoms with E-state index in [0.717, 1.165) is 41.2 Å². The highest BCUT2D eigenvalue weighted by Crippen LogP contribution is 2.25. The highest BCUT2D eigenvalue weighted by atomic mass is 16.2. The van der Waals surface area contributed by atoms with Crippen molar-refractivity contribution in [3.63, 3.8) is 0 Å². The Labute approximate surface area is 146 Å². The molecule has 1 saturated heterocycles. The fourth-order valence-electron chi connectivity index (χ4n) is 3.53. The highest BCUT2D eigenvalue weighted by molar-refractivity contribution is 5.94. The number of rotatable bonds is 3. The summed E-state index contributed by atoms with van der Waals surface area (Å²) in [7, 11) is 0. The van der Waals surface area contributed by atoms with Crippen molar-refractivity contribution in [3.8, 4) is 11.3 Å². The number of aryl methyl sites for hydroxylation is 2. The van der Waals surface area contributed by atoms with Crippen molar-refractivity contribution in [2.45, 2.75) is 26.3 Å². The highest BCUT2D eigenvalue weighted by Gasteiger charge is 2.29. The molecule has 6 nitrogen and oxygen atoms in total. The van der Waals surface area contributed by atoms with Gasteiger partial charge >= 0.3 is 0 Å². The second-order valence-corrected chi connectivity index (χ2v) is 6.61. The monoisotopic (exact) mass is 335 g/mol. The van der Waals surface area contributed by atoms with Crippen molar-refractivity contribution in [2.24, 2.45) is 0 Å². The molecule has 25 heavy (non-hydrogen) atoms. The van der Waals surface area contributed by atoms with Crippen LogP contribution >= 0.6 is 0 Å². The Hall–Kier alpha value is -2.89. The molecule has 3 heterocycles. The number of hydrogen-bond acceptors (Lipinski definition) is 3. The normalized spacial score (nSPS) is 17.2. The van der Waals surface area contributed by atoms with Gasteiger partial charge in [0, 0.05) is 30.5 Å². The van der Waals surface area contributed by atoms with Gasteiger partial charge in [-0.05, 0) is 50.1 Å². The molecule has 1 aliphatic rings. The number of likely N-dealkylation sites (tertiary alicyclic amines) is 1. The Kier molecular flexibility index (Phi) is 3.87. The maximum Gasteiger partial charge on any atom is 0.253 e. The van der Waals surface area contributed by atoms with Crippen molar-refractivity contribution < 1.29 is 4.79 Å². The third-order valence-electron chi connectivity index (χ3n) is 4.78. The van der Waals surface area contributed by atoms with E-state index in [1.165, 1.54) is 0 Å². The quantitative estimate of drug-likeness (QED) is 0.800. The van der Waals surface area contributed by atoms with Gasteiger partial charge in [-0.25, -0.2) is 0 Å². The van der Waals surface area contributed by atoms with E-state index >= 15 is 0 Å². The molecule has 2 aromatic heterocycles. The average molecular weight is 335 g/mol. The first-order chi connectivity index (χ1) is 12.1. The van der Waals surface area contributed by atoms with E-state index in [0.29, 0.717) is 6.54 Å². The Morgan fingerprint density at radius 3 is 2.64 bits per heavy atom. The minimum atomic E-state index is 0.0835. The summed E-state index contributed by atoms with van der Waals surface area (Å²) < 4.78 is 2.06. The smallest absolute Gasteiger partial charge is 0.253 e. The minimum Gasteiger partial charge on any atom is -0.336 e. The molecular weight excluding hydrogens is 314 g/mol. The Morgan fingerprint density at radius 1 is 1.20 bits per heavy atom. The first-order valence-electron chi connectivity index (χ1n) is 8.53. The van der Waals surface area contributed by atoms with Gasteiger partial charge in [0.2, 0.25) is 0 Å². The number of benzene rings is 1. The van der Waals surface area contributed by atoms with Gasteiger partial charge in [0.05, 0.1) is 17.4 Å². The summed E-state index contributed by atoms with van der Waals surface area (Å²) in [5, 5.41) is 11.5. The van der Waals surface area contributed by atoms with Crippen LogP contribution in [0.25, 0.3) is 11.3 Å². The summed E-state index contributed by atoms with van der Waals surface area (Å²) >= 11 is 0. The third-order valence-corrected chi connectivity index (χ3v) is 4.78. The van der Waals surface area contributed by atoms with Crippen molar-refractivity contribution in [1.29, 1.82) is 0 Å². The lowest BCUT2D eigenvalue weighted by atomic mass is 10.1. The van der Waals surface area contributed by atoms with Gasteiger partial charge in [-0.2, -0.15) is 10.2 Å². The Balaban J connectivity index is 1.47. The summed E-state index contributed by atoms with van der Waals surface area (Å²) in [6.45, 7) is 5.55. The van der Waals surface area contributed by atoms with Crippen LogP contribution < -0.4 is 0 Å². The van der Waals surface area contributed by atoms with Crippen molar-refractivity contribution in [2.75, 3.05) is 13.1 Å². The van der Waals surface area contributed by atoms with Gasteiger partial charge in [-0.3, -0.25) is 14.6 Å². The van der Waals surface area contributed by atoms with Crippen LogP contribution in [0.5, 0.6) is 0 Å². The zero-order valence-corrected chi connectivity index (χ0v) is 14.4. The minimum absolute atomic E-state index is 0.0835. The molecule has 1 aromatic carbocycles. The lowest BCUT2D eigenvalue weighted by molar-refractivity contribution is 0.0787. The molecule has 1 N–H and O–H groups in total. The molecule has 0 unspecified atom stereocenters. The molecule has 0 radical (unpaired) electrons. The van der Waals surface area contributed by atoms with Crippen LogP contribution in [0.15, 0.2) is 42.6 Å². The van der Waals surface area contributed by atoms with E-state index in [4.69, 9.17) is 0 Å². The number of aromatic nitrogens is 4. The second kappa shape index (κ2) is 6.20. The van der Waals surface area contributed by atoms with E-state index in [1.54, 1.807) is 6.20 Å². The van der Waals surface area contributed by atoms with Crippen LogP contribution in [0.2, 0.25) is 0 Å². The number of nitrogens with zero attached hydrogens (tertiary/aromatic N) is 4. The maximum absolute atomic E-state index is 12.8. The summed E-state index contributed by atoms with van der Waals surface area (Å²) in [6, 6.07) is 11.9. The number of carbonyl (C=O) groups is 1. The lowest BCUT2D eigenvalue weighted by Gasteiger charge is -2.17. The molecule has 0 bridgehead atoms. The van der Waals surface area contributed by atoms with Crippen LogP contribution in [0, 0.1) is 13.8 Å². The molecule has 0 saturated carbocycles. The van der Waals surface area contributed by atoms with Crippen molar-refractivity contribution >= 4 is 5.91 Å². The van der Waals surface area contributed by atoms with Gasteiger partial charge in [-0.15, -0.1) is 0 Å². The lowest BCUT2D eigenvalue weighted by Crippen LogP contribution is -2.29. The molecule has 1 amide bonds. The Morgan fingerprint density at radius 2 is 2.00 bits per heavy atom. The molecule has 6 heteroatoms. The van der Waals surface area contributed by atoms with E-state index in [-0.39, 0.29) is 11.9 Å². The van der Waals surface area contributed by atoms with E-state index in [9.17, 15) is 4.79 Å². The molecule has 4 rings (SSSR count). The first kappa shape index (κ1) is 15.6. The van der Waals surface area contributed by atoms with Gasteiger partial charge in [0.15, 0.2) is 0 Å². The topological polar surface area (TPSA) is 66.8 Å². The number of aromatic amines is 1.